The van der Waals surface area contributed by atoms with Crippen molar-refractivity contribution in [3.63, 3.8) is 0 Å². The molecule has 0 radical (unpaired) electrons. The Balaban J connectivity index is 2.15. The molecule has 0 aromatic heterocycles. The summed E-state index contributed by atoms with van der Waals surface area (Å²) in [4.78, 5) is 68.1. The fraction of sp³-hybridized carbons (Fsp3) is 0.839. The number of ketones is 2. The van der Waals surface area contributed by atoms with E-state index in [1.807, 2.05) is 25.9 Å². The number of aliphatic hydroxyl groups is 1. The smallest absolute Gasteiger partial charge is 0.408 e. The molecule has 0 aliphatic carbocycles. The number of likely N-dealkylation sites (N-methyl/N-ethyl adjacent to an activating group) is 1. The molecule has 0 aromatic carbocycles. The van der Waals surface area contributed by atoms with Gasteiger partial charge in [-0.25, -0.2) is 9.59 Å². The number of primary amides is 1. The molecule has 3 heterocycles. The van der Waals surface area contributed by atoms with Gasteiger partial charge in [-0.05, 0) is 61.1 Å². The Labute approximate surface area is 264 Å². The number of carbonyl (C=O) groups is 5. The molecule has 14 nitrogen and oxygen atoms in total. The fourth-order valence-electron chi connectivity index (χ4n) is 7.32. The van der Waals surface area contributed by atoms with Crippen LogP contribution in [0.1, 0.15) is 74.7 Å². The van der Waals surface area contributed by atoms with Crippen molar-refractivity contribution in [3.8, 4) is 0 Å². The molecule has 3 aliphatic rings. The third-order valence-corrected chi connectivity index (χ3v) is 9.79. The van der Waals surface area contributed by atoms with Crippen molar-refractivity contribution in [2.75, 3.05) is 14.1 Å². The predicted molar refractivity (Wildman–Crippen MR) is 160 cm³/mol. The highest BCUT2D eigenvalue weighted by atomic mass is 16.7. The van der Waals surface area contributed by atoms with E-state index in [1.54, 1.807) is 27.7 Å². The average Bonchev–Trinajstić information content (AvgIpc) is 3.26. The van der Waals surface area contributed by atoms with Gasteiger partial charge in [0.1, 0.15) is 35.6 Å². The van der Waals surface area contributed by atoms with Crippen molar-refractivity contribution in [2.24, 2.45) is 29.4 Å². The topological polar surface area (TPSA) is 193 Å². The zero-order valence-corrected chi connectivity index (χ0v) is 28.0. The maximum atomic E-state index is 14.0. The molecule has 0 spiro atoms. The molecule has 2 amide bonds. The summed E-state index contributed by atoms with van der Waals surface area (Å²) in [5.41, 5.74) is 2.40. The van der Waals surface area contributed by atoms with Crippen molar-refractivity contribution in [1.82, 2.24) is 10.2 Å². The number of fused-ring (bicyclic) bond motifs is 1. The van der Waals surface area contributed by atoms with Crippen molar-refractivity contribution >= 4 is 29.7 Å². The minimum atomic E-state index is -1.72. The molecular weight excluding hydrogens is 590 g/mol. The summed E-state index contributed by atoms with van der Waals surface area (Å²) in [7, 11) is 3.62. The van der Waals surface area contributed by atoms with Gasteiger partial charge >= 0.3 is 18.2 Å². The molecule has 4 N–H and O–H groups in total. The SMILES string of the molecule is CC[C@H]1OC(=O)[C@H](C)C(=O)[C@H](C)[C@@H](O[C@@H]2O[C@H](C)C[C@H](N(C)C)[C@H]2O)[C@](C)(OC(N)=O)C[C@@H](C)C(=O)[C@H](C)[C@H]2NC(=O)O[C@@]21C. The molecule has 3 rings (SSSR count). The summed E-state index contributed by atoms with van der Waals surface area (Å²) in [5, 5.41) is 14.0. The van der Waals surface area contributed by atoms with Gasteiger partial charge in [-0.15, -0.1) is 0 Å². The van der Waals surface area contributed by atoms with Gasteiger partial charge in [0.15, 0.2) is 17.7 Å². The second-order valence-corrected chi connectivity index (χ2v) is 13.6. The largest absolute Gasteiger partial charge is 0.458 e. The monoisotopic (exact) mass is 641 g/mol. The predicted octanol–water partition coefficient (Wildman–Crippen LogP) is 1.93. The maximum Gasteiger partial charge on any atom is 0.408 e. The molecule has 3 saturated heterocycles. The molecule has 14 heteroatoms. The number of rotatable bonds is 5. The van der Waals surface area contributed by atoms with E-state index in [9.17, 15) is 29.1 Å². The number of hydrogen-bond donors (Lipinski definition) is 3. The van der Waals surface area contributed by atoms with Crippen LogP contribution < -0.4 is 11.1 Å². The third-order valence-electron chi connectivity index (χ3n) is 9.79. The number of aliphatic hydroxyl groups excluding tert-OH is 1. The van der Waals surface area contributed by atoms with Gasteiger partial charge in [0.2, 0.25) is 0 Å². The Morgan fingerprint density at radius 2 is 1.69 bits per heavy atom. The van der Waals surface area contributed by atoms with Crippen molar-refractivity contribution in [3.05, 3.63) is 0 Å². The second-order valence-electron chi connectivity index (χ2n) is 13.6. The number of alkyl carbamates (subject to hydrolysis) is 1. The molecule has 3 aliphatic heterocycles. The number of hydrogen-bond acceptors (Lipinski definition) is 12. The van der Waals surface area contributed by atoms with Crippen LogP contribution in [0.2, 0.25) is 0 Å². The number of carbonyl (C=O) groups excluding carboxylic acids is 5. The molecule has 3 fully saturated rings. The molecule has 256 valence electrons. The lowest BCUT2D eigenvalue weighted by molar-refractivity contribution is -0.292. The van der Waals surface area contributed by atoms with Gasteiger partial charge < -0.3 is 44.7 Å². The van der Waals surface area contributed by atoms with Crippen LogP contribution in [0, 0.1) is 23.7 Å². The number of Topliss-reactive ketones (excluding diaryl/α,β-unsaturated/α-hetero) is 2. The lowest BCUT2D eigenvalue weighted by Gasteiger charge is -2.46. The Bertz CT molecular complexity index is 1150. The van der Waals surface area contributed by atoms with E-state index in [4.69, 9.17) is 29.4 Å². The molecule has 0 bridgehead atoms. The standard InChI is InChI=1S/C31H51N3O11/c1-11-20-31(8)24(33-29(40)45-31)16(4)21(35)14(2)13-30(7,44-28(32)39)25(17(5)22(36)18(6)26(38)42-20)43-27-23(37)19(34(9)10)12-15(3)41-27/h14-20,23-25,27,37H,11-13H2,1-10H3,(H2,32,39)(H,33,40)/t14-,15-,16+,17+,18-,19+,20-,23-,24-,25-,27+,30-,31-/m1/s1. The Kier molecular flexibility index (Phi) is 11.3. The normalized spacial score (nSPS) is 43.5. The van der Waals surface area contributed by atoms with Gasteiger partial charge in [0.25, 0.3) is 0 Å². The quantitative estimate of drug-likeness (QED) is 0.225. The Morgan fingerprint density at radius 3 is 2.24 bits per heavy atom. The van der Waals surface area contributed by atoms with Crippen LogP contribution in [0.3, 0.4) is 0 Å². The van der Waals surface area contributed by atoms with E-state index in [-0.39, 0.29) is 30.8 Å². The van der Waals surface area contributed by atoms with Gasteiger partial charge in [-0.2, -0.15) is 0 Å². The molecule has 0 aromatic rings. The first-order chi connectivity index (χ1) is 20.8. The lowest BCUT2D eigenvalue weighted by Crippen LogP contribution is -2.60. The highest BCUT2D eigenvalue weighted by Gasteiger charge is 2.57. The van der Waals surface area contributed by atoms with Crippen LogP contribution in [0.4, 0.5) is 9.59 Å². The van der Waals surface area contributed by atoms with Crippen molar-refractivity contribution in [1.29, 1.82) is 0 Å². The van der Waals surface area contributed by atoms with Crippen molar-refractivity contribution < 1.29 is 52.8 Å². The van der Waals surface area contributed by atoms with Crippen LogP contribution in [0.25, 0.3) is 0 Å². The molecule has 0 saturated carbocycles. The van der Waals surface area contributed by atoms with E-state index in [2.05, 4.69) is 5.32 Å². The first-order valence-electron chi connectivity index (χ1n) is 15.7. The van der Waals surface area contributed by atoms with E-state index in [0.717, 1.165) is 0 Å². The number of amides is 2. The summed E-state index contributed by atoms with van der Waals surface area (Å²) in [5.74, 6) is -5.86. The average molecular weight is 642 g/mol. The Hall–Kier alpha value is -2.81. The van der Waals surface area contributed by atoms with Crippen LogP contribution >= 0.6 is 0 Å². The number of ether oxygens (including phenoxy) is 5. The number of cyclic esters (lactones) is 1. The zero-order valence-electron chi connectivity index (χ0n) is 28.0. The van der Waals surface area contributed by atoms with Crippen LogP contribution in [0.5, 0.6) is 0 Å². The molecule has 45 heavy (non-hydrogen) atoms. The molecule has 13 atom stereocenters. The van der Waals surface area contributed by atoms with Crippen molar-refractivity contribution in [2.45, 2.75) is 129 Å². The van der Waals surface area contributed by atoms with Crippen LogP contribution in [-0.2, 0) is 38.1 Å². The summed E-state index contributed by atoms with van der Waals surface area (Å²) < 4.78 is 29.5. The summed E-state index contributed by atoms with van der Waals surface area (Å²) in [6, 6.07) is -1.23. The number of nitrogens with zero attached hydrogens (tertiary/aromatic N) is 1. The highest BCUT2D eigenvalue weighted by Crippen LogP contribution is 2.40. The second kappa shape index (κ2) is 13.9. The fourth-order valence-corrected chi connectivity index (χ4v) is 7.32. The number of esters is 1. The lowest BCUT2D eigenvalue weighted by atomic mass is 9.73. The van der Waals surface area contributed by atoms with Crippen LogP contribution in [-0.4, -0.2) is 108 Å². The first-order valence-corrected chi connectivity index (χ1v) is 15.7. The first kappa shape index (κ1) is 36.7. The summed E-state index contributed by atoms with van der Waals surface area (Å²) >= 11 is 0. The zero-order chi connectivity index (χ0) is 34.2. The molecule has 0 unspecified atom stereocenters. The minimum absolute atomic E-state index is 0.148. The number of nitrogens with one attached hydrogen (secondary N) is 1. The van der Waals surface area contributed by atoms with E-state index in [0.29, 0.717) is 6.42 Å². The summed E-state index contributed by atoms with van der Waals surface area (Å²) in [6.07, 6.45) is -6.38. The maximum absolute atomic E-state index is 14.0. The van der Waals surface area contributed by atoms with Gasteiger partial charge in [-0.1, -0.05) is 27.7 Å². The molecular formula is C31H51N3O11. The minimum Gasteiger partial charge on any atom is -0.458 e. The number of nitrogens with two attached hydrogens (primary N) is 1. The van der Waals surface area contributed by atoms with Gasteiger partial charge in [0.05, 0.1) is 12.1 Å². The van der Waals surface area contributed by atoms with E-state index >= 15 is 0 Å². The van der Waals surface area contributed by atoms with Gasteiger partial charge in [0, 0.05) is 23.8 Å². The summed E-state index contributed by atoms with van der Waals surface area (Å²) in [6.45, 7) is 12.8. The van der Waals surface area contributed by atoms with E-state index in [1.165, 1.54) is 20.8 Å². The van der Waals surface area contributed by atoms with Gasteiger partial charge in [-0.3, -0.25) is 14.4 Å². The van der Waals surface area contributed by atoms with E-state index < -0.39 is 89.5 Å². The van der Waals surface area contributed by atoms with Crippen LogP contribution in [0.15, 0.2) is 0 Å². The highest BCUT2D eigenvalue weighted by molar-refractivity contribution is 6.00. The third kappa shape index (κ3) is 7.44. The Morgan fingerprint density at radius 1 is 1.07 bits per heavy atom.